The van der Waals surface area contributed by atoms with E-state index in [9.17, 15) is 14.4 Å². The lowest BCUT2D eigenvalue weighted by Gasteiger charge is -2.22. The zero-order valence-corrected chi connectivity index (χ0v) is 16.9. The molecule has 1 N–H and O–H groups in total. The SMILES string of the molecule is CCNC(=O)c1ccc2c(c1Sc1ccc(C)cc1)C(=O)c1ccccc1C2=O. The molecular formula is C24H19NO3S. The van der Waals surface area contributed by atoms with Crippen LogP contribution in [-0.4, -0.2) is 24.0 Å². The summed E-state index contributed by atoms with van der Waals surface area (Å²) >= 11 is 1.34. The molecule has 3 aromatic carbocycles. The zero-order valence-electron chi connectivity index (χ0n) is 16.1. The summed E-state index contributed by atoms with van der Waals surface area (Å²) in [5, 5.41) is 2.80. The van der Waals surface area contributed by atoms with E-state index in [0.29, 0.717) is 39.3 Å². The highest BCUT2D eigenvalue weighted by Gasteiger charge is 2.33. The number of carbonyl (C=O) groups excluding carboxylic acids is 3. The van der Waals surface area contributed by atoms with Crippen molar-refractivity contribution in [3.05, 3.63) is 94.0 Å². The molecule has 1 aliphatic rings. The van der Waals surface area contributed by atoms with Crippen LogP contribution in [0, 0.1) is 6.92 Å². The van der Waals surface area contributed by atoms with Crippen molar-refractivity contribution in [2.24, 2.45) is 0 Å². The van der Waals surface area contributed by atoms with Crippen LogP contribution < -0.4 is 5.32 Å². The summed E-state index contributed by atoms with van der Waals surface area (Å²) in [5.74, 6) is -0.677. The highest BCUT2D eigenvalue weighted by molar-refractivity contribution is 7.99. The Balaban J connectivity index is 1.93. The molecule has 0 bridgehead atoms. The zero-order chi connectivity index (χ0) is 20.5. The van der Waals surface area contributed by atoms with E-state index in [1.807, 2.05) is 38.1 Å². The first-order chi connectivity index (χ1) is 14.0. The van der Waals surface area contributed by atoms with E-state index in [-0.39, 0.29) is 17.5 Å². The minimum absolute atomic E-state index is 0.191. The van der Waals surface area contributed by atoms with Crippen molar-refractivity contribution in [3.8, 4) is 0 Å². The van der Waals surface area contributed by atoms with E-state index in [2.05, 4.69) is 5.32 Å². The Morgan fingerprint density at radius 2 is 1.52 bits per heavy atom. The van der Waals surface area contributed by atoms with E-state index in [1.165, 1.54) is 11.8 Å². The van der Waals surface area contributed by atoms with E-state index >= 15 is 0 Å². The van der Waals surface area contributed by atoms with Gasteiger partial charge in [0.1, 0.15) is 0 Å². The maximum Gasteiger partial charge on any atom is 0.252 e. The first-order valence-electron chi connectivity index (χ1n) is 9.39. The molecule has 3 aromatic rings. The monoisotopic (exact) mass is 401 g/mol. The molecule has 29 heavy (non-hydrogen) atoms. The van der Waals surface area contributed by atoms with E-state index in [0.717, 1.165) is 10.5 Å². The summed E-state index contributed by atoms with van der Waals surface area (Å²) in [4.78, 5) is 40.5. The third-order valence-corrected chi connectivity index (χ3v) is 6.00. The average Bonchev–Trinajstić information content (AvgIpc) is 2.73. The van der Waals surface area contributed by atoms with Crippen LogP contribution in [0.5, 0.6) is 0 Å². The number of fused-ring (bicyclic) bond motifs is 2. The highest BCUT2D eigenvalue weighted by Crippen LogP contribution is 2.39. The van der Waals surface area contributed by atoms with Crippen LogP contribution in [0.4, 0.5) is 0 Å². The van der Waals surface area contributed by atoms with Gasteiger partial charge in [-0.1, -0.05) is 53.7 Å². The van der Waals surface area contributed by atoms with Gasteiger partial charge in [0, 0.05) is 38.6 Å². The Bertz CT molecular complexity index is 1150. The van der Waals surface area contributed by atoms with Crippen molar-refractivity contribution >= 4 is 29.2 Å². The topological polar surface area (TPSA) is 63.2 Å². The first-order valence-corrected chi connectivity index (χ1v) is 10.2. The van der Waals surface area contributed by atoms with Crippen LogP contribution in [0.2, 0.25) is 0 Å². The predicted octanol–water partition coefficient (Wildman–Crippen LogP) is 4.67. The Labute approximate surface area is 173 Å². The molecule has 0 radical (unpaired) electrons. The maximum absolute atomic E-state index is 13.4. The van der Waals surface area contributed by atoms with Gasteiger partial charge >= 0.3 is 0 Å². The molecule has 0 unspecified atom stereocenters. The van der Waals surface area contributed by atoms with Gasteiger partial charge in [-0.3, -0.25) is 14.4 Å². The number of hydrogen-bond acceptors (Lipinski definition) is 4. The van der Waals surface area contributed by atoms with Crippen molar-refractivity contribution in [1.82, 2.24) is 5.32 Å². The Morgan fingerprint density at radius 1 is 0.862 bits per heavy atom. The van der Waals surface area contributed by atoms with Gasteiger partial charge in [-0.15, -0.1) is 0 Å². The molecule has 0 spiro atoms. The van der Waals surface area contributed by atoms with E-state index in [4.69, 9.17) is 0 Å². The van der Waals surface area contributed by atoms with Gasteiger partial charge in [0.25, 0.3) is 5.91 Å². The number of benzene rings is 3. The molecule has 144 valence electrons. The fourth-order valence-electron chi connectivity index (χ4n) is 3.42. The molecule has 1 aliphatic carbocycles. The number of rotatable bonds is 4. The average molecular weight is 401 g/mol. The molecule has 0 saturated carbocycles. The number of carbonyl (C=O) groups is 3. The summed E-state index contributed by atoms with van der Waals surface area (Å²) in [6, 6.07) is 17.9. The van der Waals surface area contributed by atoms with Crippen LogP contribution in [-0.2, 0) is 0 Å². The lowest BCUT2D eigenvalue weighted by atomic mass is 9.83. The molecule has 4 nitrogen and oxygen atoms in total. The second-order valence-corrected chi connectivity index (χ2v) is 7.93. The highest BCUT2D eigenvalue weighted by atomic mass is 32.2. The molecule has 0 saturated heterocycles. The van der Waals surface area contributed by atoms with Crippen molar-refractivity contribution in [2.45, 2.75) is 23.6 Å². The standard InChI is InChI=1S/C24H19NO3S/c1-3-25-24(28)19-13-12-18-20(23(19)29-15-10-8-14(2)9-11-15)22(27)17-7-5-4-6-16(17)21(18)26/h4-13H,3H2,1-2H3,(H,25,28). The van der Waals surface area contributed by atoms with Crippen molar-refractivity contribution in [2.75, 3.05) is 6.54 Å². The number of ketones is 2. The molecule has 0 aromatic heterocycles. The molecular weight excluding hydrogens is 382 g/mol. The number of aryl methyl sites for hydroxylation is 1. The fourth-order valence-corrected chi connectivity index (χ4v) is 4.50. The minimum atomic E-state index is -0.260. The van der Waals surface area contributed by atoms with Crippen molar-refractivity contribution in [1.29, 1.82) is 0 Å². The van der Waals surface area contributed by atoms with Crippen molar-refractivity contribution < 1.29 is 14.4 Å². The van der Waals surface area contributed by atoms with Gasteiger partial charge in [-0.05, 0) is 38.1 Å². The molecule has 0 heterocycles. The molecule has 0 fully saturated rings. The lowest BCUT2D eigenvalue weighted by Crippen LogP contribution is -2.27. The maximum atomic E-state index is 13.4. The molecule has 0 atom stereocenters. The molecule has 4 rings (SSSR count). The molecule has 1 amide bonds. The van der Waals surface area contributed by atoms with Gasteiger partial charge in [-0.2, -0.15) is 0 Å². The summed E-state index contributed by atoms with van der Waals surface area (Å²) in [5.41, 5.74) is 2.95. The Kier molecular flexibility index (Phi) is 5.07. The first kappa shape index (κ1) is 19.2. The summed E-state index contributed by atoms with van der Waals surface area (Å²) in [6.45, 7) is 4.31. The smallest absolute Gasteiger partial charge is 0.252 e. The summed E-state index contributed by atoms with van der Waals surface area (Å²) < 4.78 is 0. The van der Waals surface area contributed by atoms with Crippen LogP contribution in [0.1, 0.15) is 54.7 Å². The summed E-state index contributed by atoms with van der Waals surface area (Å²) in [6.07, 6.45) is 0. The Morgan fingerprint density at radius 3 is 2.17 bits per heavy atom. The fraction of sp³-hybridized carbons (Fsp3) is 0.125. The van der Waals surface area contributed by atoms with Gasteiger partial charge < -0.3 is 5.32 Å². The molecule has 0 aliphatic heterocycles. The third-order valence-electron chi connectivity index (χ3n) is 4.87. The lowest BCUT2D eigenvalue weighted by molar-refractivity contribution is 0.0949. The van der Waals surface area contributed by atoms with Crippen LogP contribution in [0.3, 0.4) is 0 Å². The van der Waals surface area contributed by atoms with Gasteiger partial charge in [0.2, 0.25) is 0 Å². The van der Waals surface area contributed by atoms with E-state index < -0.39 is 0 Å². The second kappa shape index (κ2) is 7.68. The largest absolute Gasteiger partial charge is 0.352 e. The third kappa shape index (κ3) is 3.38. The van der Waals surface area contributed by atoms with Crippen molar-refractivity contribution in [3.63, 3.8) is 0 Å². The van der Waals surface area contributed by atoms with Gasteiger partial charge in [0.15, 0.2) is 11.6 Å². The normalized spacial score (nSPS) is 12.3. The predicted molar refractivity (Wildman–Crippen MR) is 113 cm³/mol. The van der Waals surface area contributed by atoms with Crippen LogP contribution in [0.25, 0.3) is 0 Å². The quantitative estimate of drug-likeness (QED) is 0.540. The number of amides is 1. The number of hydrogen-bond donors (Lipinski definition) is 1. The van der Waals surface area contributed by atoms with Crippen LogP contribution in [0.15, 0.2) is 70.5 Å². The summed E-state index contributed by atoms with van der Waals surface area (Å²) in [7, 11) is 0. The number of nitrogens with one attached hydrogen (secondary N) is 1. The minimum Gasteiger partial charge on any atom is -0.352 e. The van der Waals surface area contributed by atoms with Gasteiger partial charge in [0.05, 0.1) is 5.56 Å². The van der Waals surface area contributed by atoms with Crippen LogP contribution >= 0.6 is 11.8 Å². The Hall–Kier alpha value is -3.18. The second-order valence-electron chi connectivity index (χ2n) is 6.84. The molecule has 5 heteroatoms. The van der Waals surface area contributed by atoms with Gasteiger partial charge in [-0.25, -0.2) is 0 Å². The van der Waals surface area contributed by atoms with E-state index in [1.54, 1.807) is 36.4 Å².